The van der Waals surface area contributed by atoms with E-state index in [9.17, 15) is 0 Å². The van der Waals surface area contributed by atoms with Crippen molar-refractivity contribution in [1.82, 2.24) is 9.59 Å². The molecule has 0 saturated heterocycles. The van der Waals surface area contributed by atoms with Crippen molar-refractivity contribution in [2.75, 3.05) is 0 Å². The largest absolute Gasteiger partial charge is 0.459 e. The summed E-state index contributed by atoms with van der Waals surface area (Å²) in [7, 11) is 0. The lowest BCUT2D eigenvalue weighted by atomic mass is 10.1. The number of hydrogen-bond acceptors (Lipinski definition) is 5. The SMILES string of the molecule is CCCCCCCCC=COC(C)=S.c1csnn1. The minimum atomic E-state index is 0.587. The van der Waals surface area contributed by atoms with Crippen LogP contribution in [0, 0.1) is 0 Å². The van der Waals surface area contributed by atoms with Gasteiger partial charge < -0.3 is 4.74 Å². The molecule has 108 valence electrons. The molecule has 5 heteroatoms. The molecule has 1 heterocycles. The Balaban J connectivity index is 0.000000532. The highest BCUT2D eigenvalue weighted by Gasteiger charge is 1.88. The van der Waals surface area contributed by atoms with Crippen molar-refractivity contribution in [2.24, 2.45) is 0 Å². The molecule has 0 bridgehead atoms. The summed E-state index contributed by atoms with van der Waals surface area (Å²) in [5, 5.41) is 5.90. The predicted octanol–water partition coefficient (Wildman–Crippen LogP) is 5.15. The molecule has 0 atom stereocenters. The molecule has 0 fully saturated rings. The van der Waals surface area contributed by atoms with Gasteiger partial charge in [0, 0.05) is 12.3 Å². The predicted molar refractivity (Wildman–Crippen MR) is 86.4 cm³/mol. The van der Waals surface area contributed by atoms with Crippen LogP contribution >= 0.6 is 23.8 Å². The van der Waals surface area contributed by atoms with E-state index in [2.05, 4.69) is 22.6 Å². The second-order valence-corrected chi connectivity index (χ2v) is 5.35. The molecule has 3 nitrogen and oxygen atoms in total. The first-order valence-corrected chi connectivity index (χ1v) is 8.05. The number of hydrogen-bond donors (Lipinski definition) is 0. The molecule has 0 spiro atoms. The maximum Gasteiger partial charge on any atom is 0.163 e. The van der Waals surface area contributed by atoms with Crippen LogP contribution in [0.4, 0.5) is 0 Å². The summed E-state index contributed by atoms with van der Waals surface area (Å²) < 4.78 is 8.55. The third-order valence-electron chi connectivity index (χ3n) is 2.34. The van der Waals surface area contributed by atoms with Crippen LogP contribution in [0.25, 0.3) is 0 Å². The fourth-order valence-electron chi connectivity index (χ4n) is 1.39. The van der Waals surface area contributed by atoms with Gasteiger partial charge >= 0.3 is 0 Å². The molecule has 19 heavy (non-hydrogen) atoms. The number of thiocarbonyl (C=S) groups is 1. The lowest BCUT2D eigenvalue weighted by molar-refractivity contribution is 0.477. The highest BCUT2D eigenvalue weighted by molar-refractivity contribution is 7.80. The molecule has 0 saturated carbocycles. The molecular formula is C14H24N2OS2. The van der Waals surface area contributed by atoms with E-state index in [4.69, 9.17) is 17.0 Å². The third-order valence-corrected chi connectivity index (χ3v) is 2.87. The van der Waals surface area contributed by atoms with Crippen molar-refractivity contribution in [1.29, 1.82) is 0 Å². The fraction of sp³-hybridized carbons (Fsp3) is 0.643. The van der Waals surface area contributed by atoms with Crippen molar-refractivity contribution >= 4 is 28.8 Å². The Bertz CT molecular complexity index is 296. The summed E-state index contributed by atoms with van der Waals surface area (Å²) in [6, 6.07) is 0. The summed E-state index contributed by atoms with van der Waals surface area (Å²) in [5.41, 5.74) is 0. The Labute approximate surface area is 126 Å². The van der Waals surface area contributed by atoms with Crippen LogP contribution in [0.2, 0.25) is 0 Å². The Morgan fingerprint density at radius 1 is 1.26 bits per heavy atom. The highest BCUT2D eigenvalue weighted by Crippen LogP contribution is 2.07. The van der Waals surface area contributed by atoms with Crippen molar-refractivity contribution in [3.8, 4) is 0 Å². The van der Waals surface area contributed by atoms with Crippen LogP contribution in [-0.4, -0.2) is 14.6 Å². The minimum absolute atomic E-state index is 0.587. The molecule has 0 N–H and O–H groups in total. The van der Waals surface area contributed by atoms with Gasteiger partial charge in [-0.15, -0.1) is 5.10 Å². The molecule has 0 radical (unpaired) electrons. The molecule has 1 aromatic rings. The van der Waals surface area contributed by atoms with E-state index in [1.807, 2.05) is 5.38 Å². The normalized spacial score (nSPS) is 10.0. The van der Waals surface area contributed by atoms with E-state index in [0.717, 1.165) is 6.42 Å². The molecule has 0 aliphatic rings. The zero-order valence-electron chi connectivity index (χ0n) is 11.9. The summed E-state index contributed by atoms with van der Waals surface area (Å²) in [5.74, 6) is 0. The topological polar surface area (TPSA) is 35.0 Å². The first-order chi connectivity index (χ1) is 9.27. The van der Waals surface area contributed by atoms with Crippen LogP contribution in [-0.2, 0) is 4.74 Å². The van der Waals surface area contributed by atoms with Gasteiger partial charge in [0.05, 0.1) is 12.5 Å². The Morgan fingerprint density at radius 2 is 2.00 bits per heavy atom. The number of nitrogens with zero attached hydrogens (tertiary/aromatic N) is 2. The maximum absolute atomic E-state index is 5.04. The summed E-state index contributed by atoms with van der Waals surface area (Å²) >= 11 is 6.12. The maximum atomic E-state index is 5.04. The number of rotatable bonds is 8. The van der Waals surface area contributed by atoms with Gasteiger partial charge in [-0.05, 0) is 42.7 Å². The average molecular weight is 300 g/mol. The standard InChI is InChI=1S/C12H22OS.C2H2N2S/c1-3-4-5-6-7-8-9-10-11-13-12(2)14;1-2-5-4-3-1/h10-11H,3-9H2,1-2H3;1-2H. The third kappa shape index (κ3) is 17.2. The van der Waals surface area contributed by atoms with Crippen molar-refractivity contribution in [2.45, 2.75) is 58.8 Å². The van der Waals surface area contributed by atoms with E-state index < -0.39 is 0 Å². The van der Waals surface area contributed by atoms with Crippen molar-refractivity contribution in [3.63, 3.8) is 0 Å². The number of unbranched alkanes of at least 4 members (excludes halogenated alkanes) is 6. The van der Waals surface area contributed by atoms with Gasteiger partial charge in [-0.2, -0.15) is 0 Å². The lowest BCUT2D eigenvalue weighted by Crippen LogP contribution is -1.85. The molecule has 1 aromatic heterocycles. The summed E-state index contributed by atoms with van der Waals surface area (Å²) in [6.07, 6.45) is 14.6. The fourth-order valence-corrected chi connectivity index (χ4v) is 1.72. The second kappa shape index (κ2) is 15.2. The first kappa shape index (κ1) is 18.2. The lowest BCUT2D eigenvalue weighted by Gasteiger charge is -1.97. The Kier molecular flexibility index (Phi) is 14.6. The van der Waals surface area contributed by atoms with Gasteiger partial charge in [0.1, 0.15) is 0 Å². The zero-order valence-corrected chi connectivity index (χ0v) is 13.5. The molecule has 0 aliphatic carbocycles. The number of allylic oxidation sites excluding steroid dienone is 1. The first-order valence-electron chi connectivity index (χ1n) is 6.80. The Morgan fingerprint density at radius 3 is 2.53 bits per heavy atom. The van der Waals surface area contributed by atoms with E-state index in [1.165, 1.54) is 50.1 Å². The molecule has 1 rings (SSSR count). The summed E-state index contributed by atoms with van der Waals surface area (Å²) in [4.78, 5) is 0. The van der Waals surface area contributed by atoms with Crippen LogP contribution in [0.5, 0.6) is 0 Å². The van der Waals surface area contributed by atoms with Gasteiger partial charge in [0.15, 0.2) is 5.05 Å². The van der Waals surface area contributed by atoms with Gasteiger partial charge in [-0.25, -0.2) is 0 Å². The minimum Gasteiger partial charge on any atom is -0.459 e. The highest BCUT2D eigenvalue weighted by atomic mass is 32.1. The van der Waals surface area contributed by atoms with E-state index in [1.54, 1.807) is 19.4 Å². The van der Waals surface area contributed by atoms with Crippen molar-refractivity contribution in [3.05, 3.63) is 23.9 Å². The van der Waals surface area contributed by atoms with E-state index >= 15 is 0 Å². The van der Waals surface area contributed by atoms with Crippen LogP contribution in [0.15, 0.2) is 23.9 Å². The van der Waals surface area contributed by atoms with Gasteiger partial charge in [-0.3, -0.25) is 0 Å². The van der Waals surface area contributed by atoms with Crippen LogP contribution < -0.4 is 0 Å². The average Bonchev–Trinajstić information content (AvgIpc) is 2.95. The number of aromatic nitrogens is 2. The molecule has 0 unspecified atom stereocenters. The molecule has 0 amide bonds. The van der Waals surface area contributed by atoms with E-state index in [0.29, 0.717) is 5.05 Å². The molecule has 0 aliphatic heterocycles. The van der Waals surface area contributed by atoms with Gasteiger partial charge in [0.2, 0.25) is 0 Å². The number of ether oxygens (including phenoxy) is 1. The van der Waals surface area contributed by atoms with E-state index in [-0.39, 0.29) is 0 Å². The monoisotopic (exact) mass is 300 g/mol. The smallest absolute Gasteiger partial charge is 0.163 e. The van der Waals surface area contributed by atoms with Crippen LogP contribution in [0.3, 0.4) is 0 Å². The Hall–Kier alpha value is -0.810. The molecule has 0 aromatic carbocycles. The van der Waals surface area contributed by atoms with Gasteiger partial charge in [0.25, 0.3) is 0 Å². The molecular weight excluding hydrogens is 276 g/mol. The van der Waals surface area contributed by atoms with Gasteiger partial charge in [-0.1, -0.05) is 43.5 Å². The van der Waals surface area contributed by atoms with Crippen LogP contribution in [0.1, 0.15) is 58.8 Å². The summed E-state index contributed by atoms with van der Waals surface area (Å²) in [6.45, 7) is 4.03. The second-order valence-electron chi connectivity index (χ2n) is 4.13. The van der Waals surface area contributed by atoms with Crippen molar-refractivity contribution < 1.29 is 4.74 Å². The quantitative estimate of drug-likeness (QED) is 0.378. The zero-order chi connectivity index (χ0) is 14.2.